The van der Waals surface area contributed by atoms with Crippen LogP contribution in [0.15, 0.2) is 231 Å². The Bertz CT molecular complexity index is 4720. The maximum absolute atomic E-state index is 2.57. The van der Waals surface area contributed by atoms with Crippen LogP contribution in [0.5, 0.6) is 0 Å². The van der Waals surface area contributed by atoms with Crippen molar-refractivity contribution < 1.29 is 0 Å². The average Bonchev–Trinajstić information content (AvgIpc) is 4.26. The van der Waals surface area contributed by atoms with E-state index < -0.39 is 0 Å². The summed E-state index contributed by atoms with van der Waals surface area (Å²) in [5.41, 5.74) is 19.6. The minimum atomic E-state index is 1.17. The van der Waals surface area contributed by atoms with Crippen molar-refractivity contribution in [3.63, 3.8) is 0 Å². The lowest BCUT2D eigenvalue weighted by Crippen LogP contribution is -1.92. The molecule has 0 unspecified atom stereocenters. The predicted octanol–water partition coefficient (Wildman–Crippen LogP) is 17.5. The number of rotatable bonds is 4. The Morgan fingerprint density at radius 2 is 0.486 bits per heavy atom. The zero-order valence-electron chi connectivity index (χ0n) is 37.7. The summed E-state index contributed by atoms with van der Waals surface area (Å²) < 4.78 is 9.92. The maximum Gasteiger partial charge on any atom is 0.0634 e. The summed E-state index contributed by atoms with van der Waals surface area (Å²) in [5, 5.41) is 15.5. The van der Waals surface area contributed by atoms with Gasteiger partial charge < -0.3 is 17.9 Å². The lowest BCUT2D eigenvalue weighted by molar-refractivity contribution is 1.18. The Labute approximate surface area is 400 Å². The Morgan fingerprint density at radius 1 is 0.200 bits per heavy atom. The molecule has 17 rings (SSSR count). The second-order valence-corrected chi connectivity index (χ2v) is 19.2. The molecule has 6 aromatic heterocycles. The third-order valence-electron chi connectivity index (χ3n) is 15.8. The number of hydrogen-bond acceptors (Lipinski definition) is 0. The van der Waals surface area contributed by atoms with E-state index >= 15 is 0 Å². The van der Waals surface area contributed by atoms with Crippen molar-refractivity contribution in [1.29, 1.82) is 0 Å². The molecule has 6 heterocycles. The SMILES string of the molecule is c1ccc(-n2c3ccccc3c3cc(-c4ccc5c(c4)c4c6c7ccccc7n7c8ccc(-c9ccc%10c(c9)c9ccccc9n%10-c9ccccc9)cc8c(c8c9ccccc9n5c84)c67)ccc32)cc1. The van der Waals surface area contributed by atoms with Crippen LogP contribution in [0.3, 0.4) is 0 Å². The van der Waals surface area contributed by atoms with Crippen LogP contribution >= 0.6 is 0 Å². The van der Waals surface area contributed by atoms with Gasteiger partial charge in [-0.3, -0.25) is 0 Å². The van der Waals surface area contributed by atoms with Gasteiger partial charge in [0.2, 0.25) is 0 Å². The first-order chi connectivity index (χ1) is 34.8. The van der Waals surface area contributed by atoms with Crippen LogP contribution in [-0.4, -0.2) is 17.9 Å². The lowest BCUT2D eigenvalue weighted by atomic mass is 9.95. The lowest BCUT2D eigenvalue weighted by Gasteiger charge is -2.09. The van der Waals surface area contributed by atoms with E-state index in [4.69, 9.17) is 0 Å². The monoisotopic (exact) mass is 886 g/mol. The van der Waals surface area contributed by atoms with Crippen LogP contribution in [0.1, 0.15) is 0 Å². The van der Waals surface area contributed by atoms with Crippen molar-refractivity contribution in [3.8, 4) is 33.6 Å². The van der Waals surface area contributed by atoms with E-state index in [0.717, 1.165) is 0 Å². The molecule has 322 valence electrons. The predicted molar refractivity (Wildman–Crippen MR) is 295 cm³/mol. The molecule has 0 saturated heterocycles. The molecule has 0 bridgehead atoms. The highest BCUT2D eigenvalue weighted by atomic mass is 15.0. The molecule has 0 aliphatic rings. The van der Waals surface area contributed by atoms with Crippen LogP contribution in [0.25, 0.3) is 153 Å². The number of aromatic nitrogens is 4. The Balaban J connectivity index is 0.942. The molecule has 70 heavy (non-hydrogen) atoms. The zero-order chi connectivity index (χ0) is 45.3. The molecule has 0 N–H and O–H groups in total. The highest BCUT2D eigenvalue weighted by Gasteiger charge is 2.29. The fourth-order valence-corrected chi connectivity index (χ4v) is 13.0. The van der Waals surface area contributed by atoms with Crippen LogP contribution in [0.4, 0.5) is 0 Å². The molecular weight excluding hydrogens is 849 g/mol. The molecule has 4 nitrogen and oxygen atoms in total. The Morgan fingerprint density at radius 3 is 0.900 bits per heavy atom. The molecule has 0 amide bonds. The van der Waals surface area contributed by atoms with Crippen LogP contribution in [0.2, 0.25) is 0 Å². The van der Waals surface area contributed by atoms with Crippen molar-refractivity contribution in [2.24, 2.45) is 0 Å². The minimum absolute atomic E-state index is 1.17. The number of para-hydroxylation sites is 6. The van der Waals surface area contributed by atoms with Gasteiger partial charge in [0.15, 0.2) is 0 Å². The van der Waals surface area contributed by atoms with E-state index in [1.807, 2.05) is 0 Å². The first-order valence-electron chi connectivity index (χ1n) is 24.3. The van der Waals surface area contributed by atoms with Crippen molar-refractivity contribution in [2.75, 3.05) is 0 Å². The van der Waals surface area contributed by atoms with Crippen molar-refractivity contribution in [1.82, 2.24) is 17.9 Å². The van der Waals surface area contributed by atoms with Gasteiger partial charge in [0, 0.05) is 76.0 Å². The summed E-state index contributed by atoms with van der Waals surface area (Å²) in [6, 6.07) is 85.7. The van der Waals surface area contributed by atoms with E-state index in [-0.39, 0.29) is 0 Å². The van der Waals surface area contributed by atoms with E-state index in [1.54, 1.807) is 0 Å². The number of fused-ring (bicyclic) bond motifs is 20. The van der Waals surface area contributed by atoms with E-state index in [0.29, 0.717) is 0 Å². The van der Waals surface area contributed by atoms with Gasteiger partial charge in [-0.1, -0.05) is 133 Å². The van der Waals surface area contributed by atoms with Crippen molar-refractivity contribution in [2.45, 2.75) is 0 Å². The highest BCUT2D eigenvalue weighted by molar-refractivity contribution is 6.45. The van der Waals surface area contributed by atoms with Crippen LogP contribution in [0, 0.1) is 0 Å². The molecule has 0 spiro atoms. The topological polar surface area (TPSA) is 18.7 Å². The molecule has 4 heteroatoms. The van der Waals surface area contributed by atoms with Crippen LogP contribution in [-0.2, 0) is 0 Å². The van der Waals surface area contributed by atoms with Gasteiger partial charge in [-0.05, 0) is 119 Å². The fraction of sp³-hybridized carbons (Fsp3) is 0. The van der Waals surface area contributed by atoms with Gasteiger partial charge in [0.1, 0.15) is 0 Å². The molecule has 0 radical (unpaired) electrons. The third kappa shape index (κ3) is 4.56. The fourth-order valence-electron chi connectivity index (χ4n) is 13.0. The summed E-state index contributed by atoms with van der Waals surface area (Å²) in [4.78, 5) is 0. The molecule has 0 atom stereocenters. The highest BCUT2D eigenvalue weighted by Crippen LogP contribution is 2.52. The van der Waals surface area contributed by atoms with Crippen molar-refractivity contribution >= 4 is 120 Å². The summed E-state index contributed by atoms with van der Waals surface area (Å²) >= 11 is 0. The molecule has 0 saturated carbocycles. The third-order valence-corrected chi connectivity index (χ3v) is 15.8. The zero-order valence-corrected chi connectivity index (χ0v) is 37.7. The van der Waals surface area contributed by atoms with Crippen molar-refractivity contribution in [3.05, 3.63) is 231 Å². The number of hydrogen-bond donors (Lipinski definition) is 0. The summed E-state index contributed by atoms with van der Waals surface area (Å²) in [6.45, 7) is 0. The normalized spacial score (nSPS) is 12.6. The van der Waals surface area contributed by atoms with Gasteiger partial charge in [-0.2, -0.15) is 0 Å². The molecule has 17 aromatic rings. The van der Waals surface area contributed by atoms with E-state index in [9.17, 15) is 0 Å². The van der Waals surface area contributed by atoms with E-state index in [1.165, 1.54) is 153 Å². The summed E-state index contributed by atoms with van der Waals surface area (Å²) in [7, 11) is 0. The maximum atomic E-state index is 2.57. The summed E-state index contributed by atoms with van der Waals surface area (Å²) in [5.74, 6) is 0. The second kappa shape index (κ2) is 13.2. The van der Waals surface area contributed by atoms with Gasteiger partial charge in [-0.15, -0.1) is 0 Å². The first-order valence-corrected chi connectivity index (χ1v) is 24.3. The largest absolute Gasteiger partial charge is 0.309 e. The number of nitrogens with zero attached hydrogens (tertiary/aromatic N) is 4. The van der Waals surface area contributed by atoms with Gasteiger partial charge in [-0.25, -0.2) is 0 Å². The quantitative estimate of drug-likeness (QED) is 0.168. The molecule has 11 aromatic carbocycles. The molecule has 0 aliphatic carbocycles. The number of benzene rings is 11. The molecule has 0 aliphatic heterocycles. The Hall–Kier alpha value is -9.38. The summed E-state index contributed by atoms with van der Waals surface area (Å²) in [6.07, 6.45) is 0. The standard InChI is InChI=1S/C66H38N4/c1-3-15-43(16-4-1)67-53-23-11-7-19-45(53)49-35-39(27-31-57(49)67)41-29-33-59-51(37-41)63-61-47-21-9-14-26-56(47)70-60-34-30-42(38-52(60)64(66(61)70)62-48-22-10-13-25-55(48)69(59)65(62)63)40-28-32-58-50(36-40)46-20-8-12-24-54(46)68(58)44-17-5-2-6-18-44/h1-38H. The van der Waals surface area contributed by atoms with Gasteiger partial charge >= 0.3 is 0 Å². The van der Waals surface area contributed by atoms with Crippen LogP contribution < -0.4 is 0 Å². The van der Waals surface area contributed by atoms with E-state index in [2.05, 4.69) is 248 Å². The van der Waals surface area contributed by atoms with Gasteiger partial charge in [0.05, 0.1) is 55.2 Å². The first kappa shape index (κ1) is 36.7. The average molecular weight is 887 g/mol. The minimum Gasteiger partial charge on any atom is -0.309 e. The molecular formula is C66H38N4. The Kier molecular flexibility index (Phi) is 6.92. The smallest absolute Gasteiger partial charge is 0.0634 e. The second-order valence-electron chi connectivity index (χ2n) is 19.2. The van der Waals surface area contributed by atoms with Gasteiger partial charge in [0.25, 0.3) is 0 Å². The molecule has 0 fully saturated rings.